The number of anilines is 1. The molecule has 3 fully saturated rings. The number of aromatic hydroxyl groups is 1. The lowest BCUT2D eigenvalue weighted by Gasteiger charge is -2.43. The SMILES string of the molecule is CN1CCC(N2CCN(C(=O)[C@@H](Cc3cc(Cl)c(O)c(C(F)(F)F)c3)OC(=O)N3CCC(N4Cc5cscc5NC4=O)CC3)CC2)CC1. The van der Waals surface area contributed by atoms with Gasteiger partial charge in [0.2, 0.25) is 0 Å². The van der Waals surface area contributed by atoms with Crippen LogP contribution in [0.3, 0.4) is 0 Å². The molecule has 1 atom stereocenters. The van der Waals surface area contributed by atoms with Gasteiger partial charge in [0.15, 0.2) is 6.10 Å². The molecular weight excluding hydrogens is 673 g/mol. The third-order valence-electron chi connectivity index (χ3n) is 9.95. The summed E-state index contributed by atoms with van der Waals surface area (Å²) in [6.45, 7) is 5.16. The first-order valence-corrected chi connectivity index (χ1v) is 17.6. The van der Waals surface area contributed by atoms with Crippen molar-refractivity contribution in [2.24, 2.45) is 0 Å². The van der Waals surface area contributed by atoms with Gasteiger partial charge in [0.25, 0.3) is 5.91 Å². The first kappa shape index (κ1) is 34.6. The number of thiophene rings is 1. The summed E-state index contributed by atoms with van der Waals surface area (Å²) in [5.74, 6) is -1.59. The minimum Gasteiger partial charge on any atom is -0.506 e. The van der Waals surface area contributed by atoms with Crippen molar-refractivity contribution in [1.29, 1.82) is 0 Å². The zero-order chi connectivity index (χ0) is 34.2. The van der Waals surface area contributed by atoms with Crippen LogP contribution in [-0.2, 0) is 28.7 Å². The average molecular weight is 713 g/mol. The van der Waals surface area contributed by atoms with Crippen LogP contribution in [0.5, 0.6) is 5.75 Å². The Morgan fingerprint density at radius 1 is 1.00 bits per heavy atom. The molecule has 1 aromatic carbocycles. The molecule has 4 aliphatic heterocycles. The molecule has 0 saturated carbocycles. The van der Waals surface area contributed by atoms with Crippen molar-refractivity contribution in [2.75, 3.05) is 64.7 Å². The third-order valence-corrected chi connectivity index (χ3v) is 11.0. The Labute approximate surface area is 286 Å². The third kappa shape index (κ3) is 7.63. The summed E-state index contributed by atoms with van der Waals surface area (Å²) in [7, 11) is 2.10. The zero-order valence-electron chi connectivity index (χ0n) is 26.7. The van der Waals surface area contributed by atoms with E-state index in [1.54, 1.807) is 9.80 Å². The highest BCUT2D eigenvalue weighted by atomic mass is 35.5. The van der Waals surface area contributed by atoms with Crippen LogP contribution in [0, 0.1) is 0 Å². The second-order valence-corrected chi connectivity index (χ2v) is 14.2. The Kier molecular flexibility index (Phi) is 10.3. The topological polar surface area (TPSA) is 109 Å². The van der Waals surface area contributed by atoms with E-state index in [4.69, 9.17) is 16.3 Å². The van der Waals surface area contributed by atoms with Gasteiger partial charge in [-0.3, -0.25) is 9.69 Å². The molecule has 0 unspecified atom stereocenters. The highest BCUT2D eigenvalue weighted by Gasteiger charge is 2.39. The number of ether oxygens (including phenoxy) is 1. The summed E-state index contributed by atoms with van der Waals surface area (Å²) in [6.07, 6.45) is -4.30. The molecule has 48 heavy (non-hydrogen) atoms. The lowest BCUT2D eigenvalue weighted by atomic mass is 10.0. The molecule has 0 spiro atoms. The van der Waals surface area contributed by atoms with Crippen molar-refractivity contribution >= 4 is 46.7 Å². The van der Waals surface area contributed by atoms with Crippen LogP contribution in [0.4, 0.5) is 28.4 Å². The normalized spacial score (nSPS) is 21.2. The lowest BCUT2D eigenvalue weighted by Crippen LogP contribution is -2.56. The number of halogens is 4. The fraction of sp³-hybridized carbons (Fsp3) is 0.594. The second kappa shape index (κ2) is 14.3. The molecule has 5 heterocycles. The van der Waals surface area contributed by atoms with Gasteiger partial charge in [0.1, 0.15) is 5.75 Å². The fourth-order valence-corrected chi connectivity index (χ4v) is 8.13. The van der Waals surface area contributed by atoms with E-state index in [1.807, 2.05) is 10.8 Å². The zero-order valence-corrected chi connectivity index (χ0v) is 28.2. The van der Waals surface area contributed by atoms with Crippen molar-refractivity contribution in [1.82, 2.24) is 24.5 Å². The summed E-state index contributed by atoms with van der Waals surface area (Å²) in [5.41, 5.74) is 0.535. The highest BCUT2D eigenvalue weighted by molar-refractivity contribution is 7.08. The van der Waals surface area contributed by atoms with Crippen molar-refractivity contribution < 1.29 is 37.4 Å². The van der Waals surface area contributed by atoms with Gasteiger partial charge in [-0.25, -0.2) is 9.59 Å². The number of phenols is 1. The number of hydrogen-bond donors (Lipinski definition) is 2. The number of piperidine rings is 2. The molecule has 3 saturated heterocycles. The number of piperazine rings is 1. The molecule has 2 aromatic rings. The fourth-order valence-electron chi connectivity index (χ4n) is 7.10. The van der Waals surface area contributed by atoms with Crippen LogP contribution < -0.4 is 5.32 Å². The molecule has 1 aromatic heterocycles. The first-order chi connectivity index (χ1) is 22.9. The molecule has 16 heteroatoms. The van der Waals surface area contributed by atoms with Crippen molar-refractivity contribution in [3.63, 3.8) is 0 Å². The summed E-state index contributed by atoms with van der Waals surface area (Å²) < 4.78 is 46.9. The number of benzene rings is 1. The van der Waals surface area contributed by atoms with E-state index in [-0.39, 0.29) is 37.1 Å². The number of likely N-dealkylation sites (tertiary alicyclic amines) is 2. The van der Waals surface area contributed by atoms with Gasteiger partial charge in [0.05, 0.1) is 22.8 Å². The number of rotatable bonds is 6. The lowest BCUT2D eigenvalue weighted by molar-refractivity contribution is -0.143. The Morgan fingerprint density at radius 3 is 2.33 bits per heavy atom. The number of urea groups is 1. The van der Waals surface area contributed by atoms with E-state index >= 15 is 0 Å². The van der Waals surface area contributed by atoms with E-state index < -0.39 is 40.6 Å². The predicted octanol–water partition coefficient (Wildman–Crippen LogP) is 4.92. The summed E-state index contributed by atoms with van der Waals surface area (Å²) in [6, 6.07) is 2.04. The summed E-state index contributed by atoms with van der Waals surface area (Å²) in [4.78, 5) is 49.6. The van der Waals surface area contributed by atoms with Gasteiger partial charge in [-0.05, 0) is 68.9 Å². The standard InChI is InChI=1S/C32H40ClF3N6O5S/c1-38-6-2-22(3-7-38)39-10-12-40(13-11-39)29(44)27(16-20-14-24(32(34,35)36)28(43)25(33)15-20)47-31(46)41-8-4-23(5-9-41)42-17-21-18-48-19-26(21)37-30(42)45/h14-15,18-19,22-23,27,43H,2-13,16-17H2,1H3,(H,37,45)/t27-/m1/s1. The van der Waals surface area contributed by atoms with Crippen LogP contribution >= 0.6 is 22.9 Å². The maximum Gasteiger partial charge on any atom is 0.420 e. The van der Waals surface area contributed by atoms with E-state index in [2.05, 4.69) is 22.2 Å². The average Bonchev–Trinajstić information content (AvgIpc) is 3.52. The maximum absolute atomic E-state index is 13.9. The number of alkyl halides is 3. The van der Waals surface area contributed by atoms with Gasteiger partial charge in [-0.1, -0.05) is 11.6 Å². The van der Waals surface area contributed by atoms with Crippen LogP contribution in [0.15, 0.2) is 22.9 Å². The Bertz CT molecular complexity index is 1500. The van der Waals surface area contributed by atoms with Gasteiger partial charge in [-0.2, -0.15) is 13.2 Å². The second-order valence-electron chi connectivity index (χ2n) is 13.0. The van der Waals surface area contributed by atoms with E-state index in [0.29, 0.717) is 51.6 Å². The number of phenolic OH excluding ortho intramolecular Hbond substituents is 1. The largest absolute Gasteiger partial charge is 0.506 e. The smallest absolute Gasteiger partial charge is 0.420 e. The van der Waals surface area contributed by atoms with E-state index in [9.17, 15) is 32.7 Å². The van der Waals surface area contributed by atoms with Crippen LogP contribution in [0.25, 0.3) is 0 Å². The van der Waals surface area contributed by atoms with Crippen molar-refractivity contribution in [3.05, 3.63) is 44.6 Å². The number of carbonyl (C=O) groups is 3. The molecule has 262 valence electrons. The molecule has 0 bridgehead atoms. The number of hydrogen-bond acceptors (Lipinski definition) is 8. The summed E-state index contributed by atoms with van der Waals surface area (Å²) in [5, 5.41) is 16.3. The number of carbonyl (C=O) groups excluding carboxylic acids is 3. The predicted molar refractivity (Wildman–Crippen MR) is 174 cm³/mol. The van der Waals surface area contributed by atoms with Crippen molar-refractivity contribution in [3.8, 4) is 5.75 Å². The monoisotopic (exact) mass is 712 g/mol. The van der Waals surface area contributed by atoms with Gasteiger partial charge < -0.3 is 34.8 Å². The minimum absolute atomic E-state index is 0.00357. The molecule has 4 amide bonds. The summed E-state index contributed by atoms with van der Waals surface area (Å²) >= 11 is 7.49. The number of amides is 4. The van der Waals surface area contributed by atoms with Crippen molar-refractivity contribution in [2.45, 2.75) is 63.0 Å². The molecular formula is C32H40ClF3N6O5S. The van der Waals surface area contributed by atoms with E-state index in [0.717, 1.165) is 49.3 Å². The molecule has 6 rings (SSSR count). The van der Waals surface area contributed by atoms with Gasteiger partial charge in [-0.15, -0.1) is 11.3 Å². The van der Waals surface area contributed by atoms with Gasteiger partial charge >= 0.3 is 18.3 Å². The molecule has 4 aliphatic rings. The molecule has 2 N–H and O–H groups in total. The van der Waals surface area contributed by atoms with Crippen LogP contribution in [0.1, 0.15) is 42.4 Å². The Balaban J connectivity index is 1.13. The molecule has 0 aliphatic carbocycles. The Morgan fingerprint density at radius 2 is 1.67 bits per heavy atom. The Hall–Kier alpha value is -3.27. The minimum atomic E-state index is -4.88. The molecule has 11 nitrogen and oxygen atoms in total. The van der Waals surface area contributed by atoms with Crippen LogP contribution in [0.2, 0.25) is 5.02 Å². The van der Waals surface area contributed by atoms with E-state index in [1.165, 1.54) is 16.2 Å². The molecule has 0 radical (unpaired) electrons. The quantitative estimate of drug-likeness (QED) is 0.438. The maximum atomic E-state index is 13.9. The number of nitrogens with zero attached hydrogens (tertiary/aromatic N) is 5. The number of nitrogens with one attached hydrogen (secondary N) is 1. The first-order valence-electron chi connectivity index (χ1n) is 16.3. The van der Waals surface area contributed by atoms with Gasteiger partial charge in [0, 0.05) is 68.7 Å². The van der Waals surface area contributed by atoms with Crippen LogP contribution in [-0.4, -0.2) is 125 Å². The number of fused-ring (bicyclic) bond motifs is 1. The highest BCUT2D eigenvalue weighted by Crippen LogP contribution is 2.41.